The first-order valence-electron chi connectivity index (χ1n) is 19.1. The van der Waals surface area contributed by atoms with Crippen molar-refractivity contribution in [3.63, 3.8) is 0 Å². The topological polar surface area (TPSA) is 123 Å². The van der Waals surface area contributed by atoms with Crippen molar-refractivity contribution in [2.24, 2.45) is 34.5 Å². The highest BCUT2D eigenvalue weighted by molar-refractivity contribution is 6.01. The van der Waals surface area contributed by atoms with E-state index in [9.17, 15) is 24.6 Å². The zero-order valence-corrected chi connectivity index (χ0v) is 30.4. The fourth-order valence-electron chi connectivity index (χ4n) is 11.5. The van der Waals surface area contributed by atoms with Crippen molar-refractivity contribution in [1.29, 1.82) is 0 Å². The van der Waals surface area contributed by atoms with Crippen molar-refractivity contribution in [2.45, 2.75) is 102 Å². The molecule has 2 aromatic rings. The molecule has 10 atom stereocenters. The number of piperazine rings is 1. The lowest BCUT2D eigenvalue weighted by Gasteiger charge is -2.63. The predicted octanol–water partition coefficient (Wildman–Crippen LogP) is 4.52. The van der Waals surface area contributed by atoms with Gasteiger partial charge in [0.05, 0.1) is 6.10 Å². The summed E-state index contributed by atoms with van der Waals surface area (Å²) in [7, 11) is 0. The molecule has 1 aromatic carbocycles. The largest absolute Gasteiger partial charge is 0.391 e. The van der Waals surface area contributed by atoms with Gasteiger partial charge in [-0.1, -0.05) is 31.9 Å². The van der Waals surface area contributed by atoms with Crippen LogP contribution in [-0.4, -0.2) is 92.6 Å². The average molecular weight is 695 g/mol. The summed E-state index contributed by atoms with van der Waals surface area (Å²) in [6, 6.07) is 9.52. The molecule has 2 amide bonds. The van der Waals surface area contributed by atoms with Crippen molar-refractivity contribution in [2.75, 3.05) is 26.2 Å². The van der Waals surface area contributed by atoms with Gasteiger partial charge in [-0.05, 0) is 117 Å². The molecule has 4 aliphatic carbocycles. The molecule has 3 N–H and O–H groups in total. The van der Waals surface area contributed by atoms with Gasteiger partial charge in [0.25, 0.3) is 5.91 Å². The van der Waals surface area contributed by atoms with E-state index < -0.39 is 23.7 Å². The molecule has 5 fully saturated rings. The number of terminal acetylenes is 1. The van der Waals surface area contributed by atoms with Gasteiger partial charge in [-0.2, -0.15) is 0 Å². The number of ketones is 1. The SMILES string of the molecule is C#C[C@]1(O)CC[C@H]2[C@@H]3CCC4C[C@H](O)[C@@H](N5CCN(C(=O)[C@H](Cc6ccncc6)NC(=O)c6cccc(C(C)=O)c6)CC5)C[C@]4(C)[C@H]3CC[C@@]21C. The maximum absolute atomic E-state index is 14.1. The molecule has 5 aliphatic rings. The van der Waals surface area contributed by atoms with Gasteiger partial charge in [-0.15, -0.1) is 6.42 Å². The number of amides is 2. The van der Waals surface area contributed by atoms with E-state index in [1.807, 2.05) is 17.0 Å². The Balaban J connectivity index is 1.03. The molecular formula is C42H54N4O5. The van der Waals surface area contributed by atoms with E-state index in [-0.39, 0.29) is 28.6 Å². The normalized spacial score (nSPS) is 36.9. The molecule has 2 heterocycles. The van der Waals surface area contributed by atoms with Crippen molar-refractivity contribution in [3.05, 3.63) is 65.5 Å². The van der Waals surface area contributed by atoms with Gasteiger partial charge < -0.3 is 20.4 Å². The lowest BCUT2D eigenvalue weighted by atomic mass is 9.44. The molecule has 0 bridgehead atoms. The van der Waals surface area contributed by atoms with Crippen LogP contribution in [0.25, 0.3) is 0 Å². The number of hydrogen-bond donors (Lipinski definition) is 3. The summed E-state index contributed by atoms with van der Waals surface area (Å²) in [5.41, 5.74) is 0.548. The number of pyridine rings is 1. The third kappa shape index (κ3) is 6.32. The monoisotopic (exact) mass is 694 g/mol. The minimum Gasteiger partial charge on any atom is -0.391 e. The summed E-state index contributed by atoms with van der Waals surface area (Å²) in [6.45, 7) is 8.54. The molecule has 0 radical (unpaired) electrons. The Kier molecular flexibility index (Phi) is 9.66. The molecule has 1 aromatic heterocycles. The number of nitrogens with zero attached hydrogens (tertiary/aromatic N) is 3. The van der Waals surface area contributed by atoms with Gasteiger partial charge in [0.15, 0.2) is 5.78 Å². The number of benzene rings is 1. The lowest BCUT2D eigenvalue weighted by Crippen LogP contribution is -2.63. The highest BCUT2D eigenvalue weighted by Crippen LogP contribution is 2.68. The van der Waals surface area contributed by atoms with Crippen LogP contribution >= 0.6 is 0 Å². The number of aromatic nitrogens is 1. The number of Topliss-reactive ketones (excluding diaryl/α,β-unsaturated/α-hetero) is 1. The minimum atomic E-state index is -1.01. The lowest BCUT2D eigenvalue weighted by molar-refractivity contribution is -0.163. The van der Waals surface area contributed by atoms with Crippen LogP contribution in [0.4, 0.5) is 0 Å². The number of fused-ring (bicyclic) bond motifs is 5. The molecule has 9 heteroatoms. The first kappa shape index (κ1) is 35.8. The van der Waals surface area contributed by atoms with Crippen molar-refractivity contribution >= 4 is 17.6 Å². The van der Waals surface area contributed by atoms with Crippen LogP contribution in [0, 0.1) is 46.8 Å². The number of aliphatic hydroxyl groups excluding tert-OH is 1. The zero-order chi connectivity index (χ0) is 36.1. The van der Waals surface area contributed by atoms with E-state index in [2.05, 4.69) is 35.0 Å². The van der Waals surface area contributed by atoms with Crippen LogP contribution in [0.1, 0.15) is 98.4 Å². The highest BCUT2D eigenvalue weighted by atomic mass is 16.3. The van der Waals surface area contributed by atoms with Crippen LogP contribution in [0.15, 0.2) is 48.8 Å². The standard InChI is InChI=1S/C42H54N4O5/c1-5-42(51)16-12-34-32-10-9-31-25-37(48)36(26-40(31,3)33(32)11-15-41(34,42)4)45-19-21-46(22-20-45)39(50)35(23-28-13-17-43-18-14-28)44-38(49)30-8-6-7-29(24-30)27(2)47/h1,6-8,13-14,17-18,24,31-37,48,51H,9-12,15-16,19-23,25-26H2,2-4H3,(H,44,49)/t31?,32-,33+,34+,35+,36+,37+,40+,41+,42+/m1/s1. The van der Waals surface area contributed by atoms with Crippen LogP contribution in [0.2, 0.25) is 0 Å². The predicted molar refractivity (Wildman–Crippen MR) is 194 cm³/mol. The summed E-state index contributed by atoms with van der Waals surface area (Å²) in [6.07, 6.45) is 16.9. The number of aliphatic hydroxyl groups is 2. The van der Waals surface area contributed by atoms with Crippen molar-refractivity contribution in [3.8, 4) is 12.3 Å². The molecule has 1 saturated heterocycles. The minimum absolute atomic E-state index is 0.0302. The molecule has 51 heavy (non-hydrogen) atoms. The van der Waals surface area contributed by atoms with Gasteiger partial charge >= 0.3 is 0 Å². The Bertz CT molecular complexity index is 1690. The summed E-state index contributed by atoms with van der Waals surface area (Å²) < 4.78 is 0. The average Bonchev–Trinajstić information content (AvgIpc) is 3.42. The summed E-state index contributed by atoms with van der Waals surface area (Å²) >= 11 is 0. The van der Waals surface area contributed by atoms with Gasteiger partial charge in [0, 0.05) is 67.6 Å². The van der Waals surface area contributed by atoms with Crippen LogP contribution in [0.3, 0.4) is 0 Å². The van der Waals surface area contributed by atoms with Gasteiger partial charge in [0.2, 0.25) is 5.91 Å². The molecule has 9 nitrogen and oxygen atoms in total. The second-order valence-corrected chi connectivity index (χ2v) is 16.8. The van der Waals surface area contributed by atoms with E-state index in [4.69, 9.17) is 6.42 Å². The second-order valence-electron chi connectivity index (χ2n) is 16.8. The zero-order valence-electron chi connectivity index (χ0n) is 30.4. The summed E-state index contributed by atoms with van der Waals surface area (Å²) in [5, 5.41) is 26.0. The summed E-state index contributed by atoms with van der Waals surface area (Å²) in [5.74, 6) is 4.17. The third-order valence-electron chi connectivity index (χ3n) is 14.5. The Morgan fingerprint density at radius 2 is 1.71 bits per heavy atom. The molecule has 4 saturated carbocycles. The van der Waals surface area contributed by atoms with Crippen LogP contribution in [-0.2, 0) is 11.2 Å². The molecular weight excluding hydrogens is 640 g/mol. The van der Waals surface area contributed by atoms with E-state index in [1.54, 1.807) is 36.7 Å². The molecule has 7 rings (SSSR count). The maximum Gasteiger partial charge on any atom is 0.251 e. The molecule has 1 unspecified atom stereocenters. The fourth-order valence-corrected chi connectivity index (χ4v) is 11.5. The molecule has 0 spiro atoms. The summed E-state index contributed by atoms with van der Waals surface area (Å²) in [4.78, 5) is 47.8. The van der Waals surface area contributed by atoms with Crippen molar-refractivity contribution in [1.82, 2.24) is 20.1 Å². The van der Waals surface area contributed by atoms with Crippen molar-refractivity contribution < 1.29 is 24.6 Å². The Morgan fingerprint density at radius 3 is 2.41 bits per heavy atom. The van der Waals surface area contributed by atoms with E-state index in [0.29, 0.717) is 73.8 Å². The Labute approximate surface area is 302 Å². The van der Waals surface area contributed by atoms with E-state index in [1.165, 1.54) is 6.92 Å². The van der Waals surface area contributed by atoms with E-state index >= 15 is 0 Å². The Hall–Kier alpha value is -3.58. The van der Waals surface area contributed by atoms with Crippen LogP contribution < -0.4 is 5.32 Å². The van der Waals surface area contributed by atoms with Crippen LogP contribution in [0.5, 0.6) is 0 Å². The first-order valence-corrected chi connectivity index (χ1v) is 19.1. The number of hydrogen-bond acceptors (Lipinski definition) is 7. The third-order valence-corrected chi connectivity index (χ3v) is 14.5. The van der Waals surface area contributed by atoms with E-state index in [0.717, 1.165) is 50.5 Å². The Morgan fingerprint density at radius 1 is 1.00 bits per heavy atom. The number of nitrogens with one attached hydrogen (secondary N) is 1. The second kappa shape index (κ2) is 13.8. The molecule has 1 aliphatic heterocycles. The molecule has 272 valence electrons. The highest BCUT2D eigenvalue weighted by Gasteiger charge is 2.65. The smallest absolute Gasteiger partial charge is 0.251 e. The fraction of sp³-hybridized carbons (Fsp3) is 0.619. The maximum atomic E-state index is 14.1. The number of rotatable bonds is 7. The first-order chi connectivity index (χ1) is 24.4. The van der Waals surface area contributed by atoms with Gasteiger partial charge in [-0.25, -0.2) is 0 Å². The van der Waals surface area contributed by atoms with Gasteiger partial charge in [-0.3, -0.25) is 24.3 Å². The number of carbonyl (C=O) groups excluding carboxylic acids is 3. The number of carbonyl (C=O) groups is 3. The quantitative estimate of drug-likeness (QED) is 0.288. The van der Waals surface area contributed by atoms with Gasteiger partial charge in [0.1, 0.15) is 11.6 Å².